The molecule has 2 N–H and O–H groups in total. The number of nitrogens with zero attached hydrogens (tertiary/aromatic N) is 1. The number of aliphatic hydroxyl groups is 1. The fourth-order valence-corrected chi connectivity index (χ4v) is 3.22. The molecule has 0 saturated carbocycles. The number of aliphatic hydroxyl groups excluding tert-OH is 1. The second kappa shape index (κ2) is 7.46. The molecule has 1 aliphatic heterocycles. The summed E-state index contributed by atoms with van der Waals surface area (Å²) < 4.78 is 0. The summed E-state index contributed by atoms with van der Waals surface area (Å²) in [6.07, 6.45) is 6.24. The van der Waals surface area contributed by atoms with Gasteiger partial charge in [0, 0.05) is 17.6 Å². The van der Waals surface area contributed by atoms with Crippen molar-refractivity contribution >= 4 is 0 Å². The Morgan fingerprint density at radius 2 is 2.17 bits per heavy atom. The van der Waals surface area contributed by atoms with Crippen molar-refractivity contribution in [2.24, 2.45) is 0 Å². The van der Waals surface area contributed by atoms with Crippen molar-refractivity contribution in [3.63, 3.8) is 0 Å². The molecule has 18 heavy (non-hydrogen) atoms. The van der Waals surface area contributed by atoms with Crippen molar-refractivity contribution < 1.29 is 5.11 Å². The maximum atomic E-state index is 9.55. The lowest BCUT2D eigenvalue weighted by Gasteiger charge is -2.32. The van der Waals surface area contributed by atoms with Crippen molar-refractivity contribution in [1.29, 1.82) is 0 Å². The van der Waals surface area contributed by atoms with E-state index in [2.05, 4.69) is 37.9 Å². The van der Waals surface area contributed by atoms with Crippen LogP contribution >= 0.6 is 0 Å². The van der Waals surface area contributed by atoms with Crippen LogP contribution in [-0.4, -0.2) is 47.3 Å². The lowest BCUT2D eigenvalue weighted by Crippen LogP contribution is -2.49. The van der Waals surface area contributed by atoms with Crippen LogP contribution in [0.2, 0.25) is 0 Å². The lowest BCUT2D eigenvalue weighted by molar-refractivity contribution is 0.146. The summed E-state index contributed by atoms with van der Waals surface area (Å²) in [6.45, 7) is 11.4. The zero-order valence-electron chi connectivity index (χ0n) is 12.7. The Morgan fingerprint density at radius 3 is 2.72 bits per heavy atom. The van der Waals surface area contributed by atoms with Crippen LogP contribution in [0.5, 0.6) is 0 Å². The molecule has 1 fully saturated rings. The molecule has 0 aromatic carbocycles. The van der Waals surface area contributed by atoms with Crippen LogP contribution in [0.15, 0.2) is 0 Å². The van der Waals surface area contributed by atoms with E-state index in [1.54, 1.807) is 0 Å². The van der Waals surface area contributed by atoms with E-state index < -0.39 is 0 Å². The molecule has 0 aromatic heterocycles. The molecule has 1 rings (SSSR count). The van der Waals surface area contributed by atoms with Crippen molar-refractivity contribution in [2.45, 2.75) is 77.4 Å². The molecule has 0 aliphatic carbocycles. The molecule has 1 heterocycles. The number of likely N-dealkylation sites (tertiary alicyclic amines) is 1. The van der Waals surface area contributed by atoms with Gasteiger partial charge in [0.2, 0.25) is 0 Å². The van der Waals surface area contributed by atoms with E-state index in [0.717, 1.165) is 12.5 Å². The maximum Gasteiger partial charge on any atom is 0.0610 e. The fraction of sp³-hybridized carbons (Fsp3) is 1.00. The topological polar surface area (TPSA) is 35.5 Å². The summed E-state index contributed by atoms with van der Waals surface area (Å²) in [5, 5.41) is 13.0. The first-order valence-corrected chi connectivity index (χ1v) is 7.63. The van der Waals surface area contributed by atoms with E-state index in [-0.39, 0.29) is 12.1 Å². The maximum absolute atomic E-state index is 9.55. The minimum absolute atomic E-state index is 0.115. The smallest absolute Gasteiger partial charge is 0.0610 e. The van der Waals surface area contributed by atoms with Gasteiger partial charge in [-0.15, -0.1) is 0 Å². The predicted molar refractivity (Wildman–Crippen MR) is 77.9 cm³/mol. The van der Waals surface area contributed by atoms with Crippen molar-refractivity contribution in [3.05, 3.63) is 0 Å². The highest BCUT2D eigenvalue weighted by Crippen LogP contribution is 2.21. The molecule has 108 valence electrons. The molecular formula is C15H32N2O. The van der Waals surface area contributed by atoms with Crippen LogP contribution in [0.3, 0.4) is 0 Å². The average Bonchev–Trinajstić information content (AvgIpc) is 2.75. The normalized spacial score (nSPS) is 24.7. The van der Waals surface area contributed by atoms with E-state index in [9.17, 15) is 5.11 Å². The van der Waals surface area contributed by atoms with Gasteiger partial charge in [0.25, 0.3) is 0 Å². The van der Waals surface area contributed by atoms with Gasteiger partial charge in [-0.2, -0.15) is 0 Å². The second-order valence-electron chi connectivity index (χ2n) is 6.36. The van der Waals surface area contributed by atoms with Gasteiger partial charge in [-0.25, -0.2) is 0 Å². The molecule has 1 aliphatic rings. The Hall–Kier alpha value is -0.120. The SMILES string of the molecule is CCC1CCCN1CCCC(C)(CO)NC(C)C. The summed E-state index contributed by atoms with van der Waals surface area (Å²) in [5.41, 5.74) is -0.115. The molecule has 0 aromatic rings. The number of rotatable bonds is 8. The molecule has 0 spiro atoms. The molecule has 0 amide bonds. The molecule has 1 saturated heterocycles. The van der Waals surface area contributed by atoms with E-state index in [0.29, 0.717) is 6.04 Å². The van der Waals surface area contributed by atoms with Crippen molar-refractivity contribution in [1.82, 2.24) is 10.2 Å². The van der Waals surface area contributed by atoms with Gasteiger partial charge in [0.15, 0.2) is 0 Å². The van der Waals surface area contributed by atoms with Gasteiger partial charge in [0.1, 0.15) is 0 Å². The van der Waals surface area contributed by atoms with Gasteiger partial charge in [-0.3, -0.25) is 0 Å². The summed E-state index contributed by atoms with van der Waals surface area (Å²) in [4.78, 5) is 2.63. The molecule has 0 bridgehead atoms. The van der Waals surface area contributed by atoms with Gasteiger partial charge in [-0.05, 0) is 52.1 Å². The van der Waals surface area contributed by atoms with Crippen molar-refractivity contribution in [3.8, 4) is 0 Å². The minimum Gasteiger partial charge on any atom is -0.394 e. The van der Waals surface area contributed by atoms with Gasteiger partial charge < -0.3 is 15.3 Å². The highest BCUT2D eigenvalue weighted by Gasteiger charge is 2.26. The zero-order valence-corrected chi connectivity index (χ0v) is 12.7. The summed E-state index contributed by atoms with van der Waals surface area (Å²) in [5.74, 6) is 0. The first kappa shape index (κ1) is 15.9. The van der Waals surface area contributed by atoms with Gasteiger partial charge in [0.05, 0.1) is 6.61 Å². The average molecular weight is 256 g/mol. The standard InChI is InChI=1S/C15H32N2O/c1-5-14-8-6-10-17(14)11-7-9-15(4,12-18)16-13(2)3/h13-14,16,18H,5-12H2,1-4H3. The fourth-order valence-electron chi connectivity index (χ4n) is 3.22. The van der Waals surface area contributed by atoms with Crippen LogP contribution < -0.4 is 5.32 Å². The molecule has 3 nitrogen and oxygen atoms in total. The summed E-state index contributed by atoms with van der Waals surface area (Å²) in [6, 6.07) is 1.24. The summed E-state index contributed by atoms with van der Waals surface area (Å²) in [7, 11) is 0. The van der Waals surface area contributed by atoms with E-state index in [1.807, 2.05) is 0 Å². The highest BCUT2D eigenvalue weighted by atomic mass is 16.3. The lowest BCUT2D eigenvalue weighted by atomic mass is 9.95. The molecule has 0 radical (unpaired) electrons. The quantitative estimate of drug-likeness (QED) is 0.700. The van der Waals surface area contributed by atoms with Crippen LogP contribution in [0.1, 0.15) is 59.8 Å². The van der Waals surface area contributed by atoms with Crippen LogP contribution in [0.4, 0.5) is 0 Å². The Morgan fingerprint density at radius 1 is 1.44 bits per heavy atom. The number of hydrogen-bond donors (Lipinski definition) is 2. The third-order valence-electron chi connectivity index (χ3n) is 4.13. The molecule has 2 unspecified atom stereocenters. The Kier molecular flexibility index (Phi) is 6.61. The van der Waals surface area contributed by atoms with Gasteiger partial charge >= 0.3 is 0 Å². The Bertz CT molecular complexity index is 233. The number of hydrogen-bond acceptors (Lipinski definition) is 3. The third-order valence-corrected chi connectivity index (χ3v) is 4.13. The van der Waals surface area contributed by atoms with E-state index in [1.165, 1.54) is 38.8 Å². The highest BCUT2D eigenvalue weighted by molar-refractivity contribution is 4.85. The zero-order chi connectivity index (χ0) is 13.6. The Labute approximate surface area is 113 Å². The van der Waals surface area contributed by atoms with Crippen LogP contribution in [0.25, 0.3) is 0 Å². The minimum atomic E-state index is -0.115. The Balaban J connectivity index is 2.30. The third kappa shape index (κ3) is 4.87. The predicted octanol–water partition coefficient (Wildman–Crippen LogP) is 2.39. The first-order valence-electron chi connectivity index (χ1n) is 7.63. The molecular weight excluding hydrogens is 224 g/mol. The largest absolute Gasteiger partial charge is 0.394 e. The molecule has 2 atom stereocenters. The second-order valence-corrected chi connectivity index (χ2v) is 6.36. The van der Waals surface area contributed by atoms with Crippen LogP contribution in [0, 0.1) is 0 Å². The van der Waals surface area contributed by atoms with E-state index >= 15 is 0 Å². The van der Waals surface area contributed by atoms with E-state index in [4.69, 9.17) is 0 Å². The number of nitrogens with one attached hydrogen (secondary N) is 1. The van der Waals surface area contributed by atoms with Crippen LogP contribution in [-0.2, 0) is 0 Å². The summed E-state index contributed by atoms with van der Waals surface area (Å²) >= 11 is 0. The first-order chi connectivity index (χ1) is 8.50. The monoisotopic (exact) mass is 256 g/mol. The molecule has 3 heteroatoms. The van der Waals surface area contributed by atoms with Crippen molar-refractivity contribution in [2.75, 3.05) is 19.7 Å². The van der Waals surface area contributed by atoms with Gasteiger partial charge in [-0.1, -0.05) is 20.8 Å².